The summed E-state index contributed by atoms with van der Waals surface area (Å²) < 4.78 is 40.6. The van der Waals surface area contributed by atoms with Gasteiger partial charge in [0.25, 0.3) is 0 Å². The minimum atomic E-state index is -3.70. The summed E-state index contributed by atoms with van der Waals surface area (Å²) in [4.78, 5) is 22.8. The van der Waals surface area contributed by atoms with Gasteiger partial charge in [-0.3, -0.25) is 0 Å². The van der Waals surface area contributed by atoms with Gasteiger partial charge < -0.3 is 14.2 Å². The summed E-state index contributed by atoms with van der Waals surface area (Å²) in [7, 11) is -2.53. The summed E-state index contributed by atoms with van der Waals surface area (Å²) in [6, 6.07) is 5.49. The van der Waals surface area contributed by atoms with Crippen LogP contribution in [-0.4, -0.2) is 64.7 Å². The molecule has 0 aromatic heterocycles. The van der Waals surface area contributed by atoms with Crippen LogP contribution in [-0.2, 0) is 29.0 Å². The van der Waals surface area contributed by atoms with Gasteiger partial charge in [0.1, 0.15) is 0 Å². The highest BCUT2D eigenvalue weighted by atomic mass is 32.2. The Balaban J connectivity index is 2.15. The Morgan fingerprint density at radius 3 is 2.61 bits per heavy atom. The topological polar surface area (TPSA) is 99.2 Å². The Bertz CT molecular complexity index is 680. The molecule has 0 N–H and O–H groups in total. The molecule has 8 nitrogen and oxygen atoms in total. The Hall–Kier alpha value is -1.97. The molecule has 0 aliphatic carbocycles. The summed E-state index contributed by atoms with van der Waals surface area (Å²) in [5.74, 6) is -1.50. The third kappa shape index (κ3) is 4.27. The molecule has 0 atom stereocenters. The lowest BCUT2D eigenvalue weighted by Gasteiger charge is -2.26. The number of benzene rings is 1. The normalized spacial score (nSPS) is 15.9. The lowest BCUT2D eigenvalue weighted by molar-refractivity contribution is -0.144. The van der Waals surface area contributed by atoms with E-state index in [-0.39, 0.29) is 23.5 Å². The molecule has 0 bridgehead atoms. The molecular weight excluding hydrogens is 326 g/mol. The van der Waals surface area contributed by atoms with Crippen LogP contribution < -0.4 is 0 Å². The van der Waals surface area contributed by atoms with Crippen LogP contribution in [0.2, 0.25) is 0 Å². The maximum Gasteiger partial charge on any atom is 0.344 e. The summed E-state index contributed by atoms with van der Waals surface area (Å²) in [6.45, 7) is 0.661. The fraction of sp³-hybridized carbons (Fsp3) is 0.429. The molecule has 1 aromatic carbocycles. The van der Waals surface area contributed by atoms with E-state index >= 15 is 0 Å². The van der Waals surface area contributed by atoms with E-state index in [1.807, 2.05) is 0 Å². The van der Waals surface area contributed by atoms with Crippen molar-refractivity contribution in [2.75, 3.05) is 40.0 Å². The Kier molecular flexibility index (Phi) is 5.69. The molecule has 1 aliphatic rings. The zero-order valence-corrected chi connectivity index (χ0v) is 13.4. The highest BCUT2D eigenvalue weighted by Crippen LogP contribution is 2.18. The van der Waals surface area contributed by atoms with Crippen LogP contribution in [0.25, 0.3) is 0 Å². The number of ether oxygens (including phenoxy) is 3. The number of esters is 2. The van der Waals surface area contributed by atoms with Gasteiger partial charge in [0.15, 0.2) is 6.61 Å². The number of rotatable bonds is 5. The Labute approximate surface area is 134 Å². The maximum atomic E-state index is 12.5. The summed E-state index contributed by atoms with van der Waals surface area (Å²) >= 11 is 0. The van der Waals surface area contributed by atoms with Crippen molar-refractivity contribution in [2.24, 2.45) is 0 Å². The number of hydrogen-bond acceptors (Lipinski definition) is 7. The highest BCUT2D eigenvalue weighted by Gasteiger charge is 2.27. The van der Waals surface area contributed by atoms with Gasteiger partial charge in [0.05, 0.1) is 30.8 Å². The van der Waals surface area contributed by atoms with Crippen LogP contribution >= 0.6 is 0 Å². The van der Waals surface area contributed by atoms with Crippen LogP contribution in [0.4, 0.5) is 0 Å². The monoisotopic (exact) mass is 343 g/mol. The third-order valence-corrected chi connectivity index (χ3v) is 5.12. The Morgan fingerprint density at radius 1 is 1.26 bits per heavy atom. The predicted molar refractivity (Wildman–Crippen MR) is 78.3 cm³/mol. The van der Waals surface area contributed by atoms with E-state index in [2.05, 4.69) is 4.74 Å². The van der Waals surface area contributed by atoms with Crippen LogP contribution in [0.5, 0.6) is 0 Å². The van der Waals surface area contributed by atoms with Crippen molar-refractivity contribution in [2.45, 2.75) is 4.90 Å². The molecule has 1 heterocycles. The van der Waals surface area contributed by atoms with E-state index in [1.54, 1.807) is 0 Å². The summed E-state index contributed by atoms with van der Waals surface area (Å²) in [5, 5.41) is 0. The van der Waals surface area contributed by atoms with Gasteiger partial charge in [-0.25, -0.2) is 18.0 Å². The van der Waals surface area contributed by atoms with Gasteiger partial charge in [-0.1, -0.05) is 6.07 Å². The van der Waals surface area contributed by atoms with E-state index in [0.717, 1.165) is 0 Å². The number of methoxy groups -OCH3 is 1. The van der Waals surface area contributed by atoms with E-state index in [4.69, 9.17) is 9.47 Å². The molecular formula is C14H17NO7S. The van der Waals surface area contributed by atoms with Crippen LogP contribution in [0.15, 0.2) is 29.2 Å². The van der Waals surface area contributed by atoms with Gasteiger partial charge in [-0.05, 0) is 18.2 Å². The summed E-state index contributed by atoms with van der Waals surface area (Å²) in [6.07, 6.45) is 0. The fourth-order valence-electron chi connectivity index (χ4n) is 1.99. The predicted octanol–water partition coefficient (Wildman–Crippen LogP) is 0.0373. The second-order valence-corrected chi connectivity index (χ2v) is 6.63. The van der Waals surface area contributed by atoms with Gasteiger partial charge in [-0.15, -0.1) is 0 Å². The largest absolute Gasteiger partial charge is 0.466 e. The molecule has 1 aliphatic heterocycles. The molecule has 0 amide bonds. The van der Waals surface area contributed by atoms with E-state index < -0.39 is 28.6 Å². The van der Waals surface area contributed by atoms with Crippen molar-refractivity contribution in [1.29, 1.82) is 0 Å². The van der Waals surface area contributed by atoms with Gasteiger partial charge in [0, 0.05) is 13.1 Å². The molecule has 0 radical (unpaired) electrons. The molecule has 9 heteroatoms. The number of carbonyl (C=O) groups excluding carboxylic acids is 2. The minimum Gasteiger partial charge on any atom is -0.466 e. The number of nitrogens with zero attached hydrogens (tertiary/aromatic N) is 1. The van der Waals surface area contributed by atoms with Gasteiger partial charge in [0.2, 0.25) is 10.0 Å². The van der Waals surface area contributed by atoms with Crippen LogP contribution in [0, 0.1) is 0 Å². The van der Waals surface area contributed by atoms with Crippen molar-refractivity contribution in [3.05, 3.63) is 29.8 Å². The first-order valence-corrected chi connectivity index (χ1v) is 8.31. The van der Waals surface area contributed by atoms with Crippen LogP contribution in [0.1, 0.15) is 10.4 Å². The van der Waals surface area contributed by atoms with Crippen molar-refractivity contribution < 1.29 is 32.2 Å². The molecule has 1 saturated heterocycles. The van der Waals surface area contributed by atoms with Gasteiger partial charge >= 0.3 is 11.9 Å². The first kappa shape index (κ1) is 17.4. The molecule has 126 valence electrons. The van der Waals surface area contributed by atoms with E-state index in [9.17, 15) is 18.0 Å². The number of carbonyl (C=O) groups is 2. The zero-order valence-electron chi connectivity index (χ0n) is 12.6. The quantitative estimate of drug-likeness (QED) is 0.696. The lowest BCUT2D eigenvalue weighted by atomic mass is 10.2. The lowest BCUT2D eigenvalue weighted by Crippen LogP contribution is -2.40. The summed E-state index contributed by atoms with van der Waals surface area (Å²) in [5.41, 5.74) is 0.0447. The molecule has 0 unspecified atom stereocenters. The molecule has 1 fully saturated rings. The average Bonchev–Trinajstić information content (AvgIpc) is 2.60. The van der Waals surface area contributed by atoms with Crippen LogP contribution in [0.3, 0.4) is 0 Å². The van der Waals surface area contributed by atoms with E-state index in [1.165, 1.54) is 35.7 Å². The third-order valence-electron chi connectivity index (χ3n) is 3.23. The first-order chi connectivity index (χ1) is 10.9. The van der Waals surface area contributed by atoms with Crippen molar-refractivity contribution in [3.8, 4) is 0 Å². The van der Waals surface area contributed by atoms with Crippen molar-refractivity contribution >= 4 is 22.0 Å². The zero-order chi connectivity index (χ0) is 16.9. The number of hydrogen-bond donors (Lipinski definition) is 0. The van der Waals surface area contributed by atoms with Crippen molar-refractivity contribution in [1.82, 2.24) is 4.31 Å². The van der Waals surface area contributed by atoms with Crippen molar-refractivity contribution in [3.63, 3.8) is 0 Å². The SMILES string of the molecule is COC(=O)COC(=O)c1cccc(S(=O)(=O)N2CCOCC2)c1. The molecule has 0 saturated carbocycles. The smallest absolute Gasteiger partial charge is 0.344 e. The number of sulfonamides is 1. The fourth-order valence-corrected chi connectivity index (χ4v) is 3.44. The second-order valence-electron chi connectivity index (χ2n) is 4.70. The molecule has 23 heavy (non-hydrogen) atoms. The first-order valence-electron chi connectivity index (χ1n) is 6.87. The van der Waals surface area contributed by atoms with E-state index in [0.29, 0.717) is 13.2 Å². The Morgan fingerprint density at radius 2 is 1.96 bits per heavy atom. The van der Waals surface area contributed by atoms with Gasteiger partial charge in [-0.2, -0.15) is 4.31 Å². The highest BCUT2D eigenvalue weighted by molar-refractivity contribution is 7.89. The second kappa shape index (κ2) is 7.53. The molecule has 2 rings (SSSR count). The standard InChI is InChI=1S/C14H17NO7S/c1-20-13(16)10-22-14(17)11-3-2-4-12(9-11)23(18,19)15-5-7-21-8-6-15/h2-4,9H,5-8,10H2,1H3. The average molecular weight is 343 g/mol. The molecule has 0 spiro atoms. The minimum absolute atomic E-state index is 0.00748. The number of morpholine rings is 1. The maximum absolute atomic E-state index is 12.5. The molecule has 1 aromatic rings.